The van der Waals surface area contributed by atoms with E-state index in [1.165, 1.54) is 11.1 Å². The first kappa shape index (κ1) is 16.2. The third kappa shape index (κ3) is 3.65. The third-order valence-corrected chi connectivity index (χ3v) is 6.36. The minimum atomic E-state index is -2.89. The normalized spacial score (nSPS) is 20.2. The van der Waals surface area contributed by atoms with E-state index in [0.717, 1.165) is 13.0 Å². The van der Waals surface area contributed by atoms with Crippen molar-refractivity contribution < 1.29 is 8.42 Å². The molecule has 0 saturated carbocycles. The van der Waals surface area contributed by atoms with Gasteiger partial charge in [0.2, 0.25) is 0 Å². The van der Waals surface area contributed by atoms with Crippen LogP contribution in [0.5, 0.6) is 0 Å². The fraction of sp³-hybridized carbons (Fsp3) is 0.368. The van der Waals surface area contributed by atoms with Crippen LogP contribution in [0, 0.1) is 0 Å². The fourth-order valence-electron chi connectivity index (χ4n) is 3.53. The van der Waals surface area contributed by atoms with Crippen LogP contribution in [0.25, 0.3) is 0 Å². The van der Waals surface area contributed by atoms with Crippen LogP contribution in [0.1, 0.15) is 30.5 Å². The third-order valence-electron chi connectivity index (χ3n) is 4.60. The van der Waals surface area contributed by atoms with E-state index in [4.69, 9.17) is 0 Å². The summed E-state index contributed by atoms with van der Waals surface area (Å²) in [4.78, 5) is 2.34. The summed E-state index contributed by atoms with van der Waals surface area (Å²) in [5.41, 5.74) is 2.43. The molecule has 1 saturated heterocycles. The molecule has 1 atom stereocenters. The van der Waals surface area contributed by atoms with E-state index in [2.05, 4.69) is 36.1 Å². The highest BCUT2D eigenvalue weighted by atomic mass is 32.2. The van der Waals surface area contributed by atoms with Crippen molar-refractivity contribution in [2.45, 2.75) is 25.4 Å². The van der Waals surface area contributed by atoms with Gasteiger partial charge in [0.05, 0.1) is 17.5 Å². The van der Waals surface area contributed by atoms with Crippen molar-refractivity contribution in [1.82, 2.24) is 4.90 Å². The Morgan fingerprint density at radius 1 is 1.00 bits per heavy atom. The Balaban J connectivity index is 2.00. The Kier molecular flexibility index (Phi) is 4.83. The van der Waals surface area contributed by atoms with Crippen LogP contribution in [-0.4, -0.2) is 37.4 Å². The minimum Gasteiger partial charge on any atom is -0.289 e. The van der Waals surface area contributed by atoms with Crippen molar-refractivity contribution in [3.8, 4) is 0 Å². The molecule has 23 heavy (non-hydrogen) atoms. The Bertz CT molecular complexity index is 689. The van der Waals surface area contributed by atoms with Gasteiger partial charge in [0.1, 0.15) is 0 Å². The molecule has 0 aliphatic carbocycles. The molecular formula is C19H23NO2S. The molecule has 0 aromatic heterocycles. The maximum absolute atomic E-state index is 11.9. The van der Waals surface area contributed by atoms with E-state index in [9.17, 15) is 8.42 Å². The van der Waals surface area contributed by atoms with Gasteiger partial charge in [0.15, 0.2) is 9.84 Å². The van der Waals surface area contributed by atoms with Crippen LogP contribution in [0.15, 0.2) is 60.7 Å². The largest absolute Gasteiger partial charge is 0.289 e. The maximum atomic E-state index is 11.9. The molecule has 1 heterocycles. The molecular weight excluding hydrogens is 306 g/mol. The van der Waals surface area contributed by atoms with E-state index in [0.29, 0.717) is 5.75 Å². The van der Waals surface area contributed by atoms with Gasteiger partial charge in [0.25, 0.3) is 0 Å². The molecule has 0 spiro atoms. The first-order valence-corrected chi connectivity index (χ1v) is 9.99. The number of benzene rings is 2. The van der Waals surface area contributed by atoms with Crippen molar-refractivity contribution in [1.29, 1.82) is 0 Å². The van der Waals surface area contributed by atoms with Crippen LogP contribution in [-0.2, 0) is 9.84 Å². The molecule has 0 unspecified atom stereocenters. The second-order valence-corrected chi connectivity index (χ2v) is 8.34. The van der Waals surface area contributed by atoms with Crippen LogP contribution in [0.2, 0.25) is 0 Å². The lowest BCUT2D eigenvalue weighted by atomic mass is 9.95. The first-order chi connectivity index (χ1) is 11.1. The number of sulfone groups is 1. The van der Waals surface area contributed by atoms with Crippen molar-refractivity contribution in [3.05, 3.63) is 71.8 Å². The molecule has 0 bridgehead atoms. The predicted octanol–water partition coefficient (Wildman–Crippen LogP) is 3.29. The Hall–Kier alpha value is -1.65. The SMILES string of the molecule is CCN(C(c1ccccc1)c1ccccc1)[C@H]1CCS(=O)(=O)C1. The summed E-state index contributed by atoms with van der Waals surface area (Å²) >= 11 is 0. The highest BCUT2D eigenvalue weighted by molar-refractivity contribution is 7.91. The van der Waals surface area contributed by atoms with E-state index in [1.807, 2.05) is 36.4 Å². The standard InChI is InChI=1S/C19H23NO2S/c1-2-20(18-13-14-23(21,22)15-18)19(16-9-5-3-6-10-16)17-11-7-4-8-12-17/h3-12,18-19H,2,13-15H2,1H3/t18-/m0/s1. The van der Waals surface area contributed by atoms with Gasteiger partial charge < -0.3 is 0 Å². The smallest absolute Gasteiger partial charge is 0.151 e. The molecule has 1 fully saturated rings. The molecule has 122 valence electrons. The summed E-state index contributed by atoms with van der Waals surface area (Å²) in [6.45, 7) is 2.94. The molecule has 1 aliphatic rings. The lowest BCUT2D eigenvalue weighted by Crippen LogP contribution is -2.39. The number of hydrogen-bond acceptors (Lipinski definition) is 3. The minimum absolute atomic E-state index is 0.0930. The van der Waals surface area contributed by atoms with E-state index < -0.39 is 9.84 Å². The van der Waals surface area contributed by atoms with Crippen LogP contribution in [0.4, 0.5) is 0 Å². The number of rotatable bonds is 5. The van der Waals surface area contributed by atoms with Gasteiger partial charge in [-0.15, -0.1) is 0 Å². The number of nitrogens with zero attached hydrogens (tertiary/aromatic N) is 1. The molecule has 3 nitrogen and oxygen atoms in total. The van der Waals surface area contributed by atoms with Crippen molar-refractivity contribution in [3.63, 3.8) is 0 Å². The first-order valence-electron chi connectivity index (χ1n) is 8.17. The quantitative estimate of drug-likeness (QED) is 0.845. The van der Waals surface area contributed by atoms with Crippen molar-refractivity contribution >= 4 is 9.84 Å². The van der Waals surface area contributed by atoms with Gasteiger partial charge in [-0.1, -0.05) is 67.6 Å². The van der Waals surface area contributed by atoms with Gasteiger partial charge >= 0.3 is 0 Å². The van der Waals surface area contributed by atoms with Gasteiger partial charge in [-0.25, -0.2) is 8.42 Å². The summed E-state index contributed by atoms with van der Waals surface area (Å²) < 4.78 is 23.9. The molecule has 0 amide bonds. The van der Waals surface area contributed by atoms with Crippen molar-refractivity contribution in [2.24, 2.45) is 0 Å². The van der Waals surface area contributed by atoms with E-state index in [1.54, 1.807) is 0 Å². The molecule has 3 rings (SSSR count). The second kappa shape index (κ2) is 6.85. The van der Waals surface area contributed by atoms with E-state index in [-0.39, 0.29) is 17.8 Å². The highest BCUT2D eigenvalue weighted by Crippen LogP contribution is 2.33. The zero-order valence-corrected chi connectivity index (χ0v) is 14.2. The molecule has 2 aromatic carbocycles. The molecule has 0 N–H and O–H groups in total. The lowest BCUT2D eigenvalue weighted by Gasteiger charge is -2.36. The Labute approximate surface area is 138 Å². The summed E-state index contributed by atoms with van der Waals surface area (Å²) in [7, 11) is -2.89. The second-order valence-electron chi connectivity index (χ2n) is 6.11. The highest BCUT2D eigenvalue weighted by Gasteiger charge is 2.35. The predicted molar refractivity (Wildman–Crippen MR) is 94.2 cm³/mol. The average molecular weight is 329 g/mol. The fourth-order valence-corrected chi connectivity index (χ4v) is 5.28. The monoisotopic (exact) mass is 329 g/mol. The van der Waals surface area contributed by atoms with Gasteiger partial charge in [-0.2, -0.15) is 0 Å². The molecule has 4 heteroatoms. The van der Waals surface area contributed by atoms with Gasteiger partial charge in [-0.3, -0.25) is 4.90 Å². The zero-order chi connectivity index (χ0) is 16.3. The average Bonchev–Trinajstić information content (AvgIpc) is 2.93. The van der Waals surface area contributed by atoms with Gasteiger partial charge in [0, 0.05) is 6.04 Å². The van der Waals surface area contributed by atoms with Crippen molar-refractivity contribution in [2.75, 3.05) is 18.1 Å². The maximum Gasteiger partial charge on any atom is 0.151 e. The summed E-state index contributed by atoms with van der Waals surface area (Å²) in [5.74, 6) is 0.585. The summed E-state index contributed by atoms with van der Waals surface area (Å²) in [5, 5.41) is 0. The Morgan fingerprint density at radius 2 is 1.52 bits per heavy atom. The number of hydrogen-bond donors (Lipinski definition) is 0. The topological polar surface area (TPSA) is 37.4 Å². The van der Waals surface area contributed by atoms with Crippen LogP contribution in [0.3, 0.4) is 0 Å². The zero-order valence-electron chi connectivity index (χ0n) is 13.4. The molecule has 0 radical (unpaired) electrons. The summed E-state index contributed by atoms with van der Waals surface area (Å²) in [6.07, 6.45) is 0.729. The molecule has 1 aliphatic heterocycles. The lowest BCUT2D eigenvalue weighted by molar-refractivity contribution is 0.179. The van der Waals surface area contributed by atoms with Gasteiger partial charge in [-0.05, 0) is 24.1 Å². The molecule has 2 aromatic rings. The summed E-state index contributed by atoms with van der Waals surface area (Å²) in [6, 6.07) is 20.9. The van der Waals surface area contributed by atoms with Crippen LogP contribution >= 0.6 is 0 Å². The van der Waals surface area contributed by atoms with E-state index >= 15 is 0 Å². The Morgan fingerprint density at radius 3 is 1.91 bits per heavy atom. The van der Waals surface area contributed by atoms with Crippen LogP contribution < -0.4 is 0 Å².